The summed E-state index contributed by atoms with van der Waals surface area (Å²) in [4.78, 5) is 15.8. The van der Waals surface area contributed by atoms with E-state index in [1.165, 1.54) is 16.8 Å². The molecule has 0 fully saturated rings. The Labute approximate surface area is 168 Å². The molecule has 1 aromatic heterocycles. The predicted molar refractivity (Wildman–Crippen MR) is 100 cm³/mol. The molecule has 156 valence electrons. The zero-order valence-corrected chi connectivity index (χ0v) is 15.4. The minimum atomic E-state index is -4.48. The molecule has 8 nitrogen and oxygen atoms in total. The number of aromatic nitrogens is 3. The Morgan fingerprint density at radius 1 is 1.13 bits per heavy atom. The van der Waals surface area contributed by atoms with E-state index >= 15 is 0 Å². The maximum Gasteiger partial charge on any atom is 0.416 e. The average molecular weight is 419 g/mol. The van der Waals surface area contributed by atoms with Gasteiger partial charge in [-0.15, -0.1) is 5.10 Å². The van der Waals surface area contributed by atoms with Gasteiger partial charge in [0.05, 0.1) is 5.56 Å². The summed E-state index contributed by atoms with van der Waals surface area (Å²) in [5.74, 6) is 0.748. The molecule has 0 bridgehead atoms. The highest BCUT2D eigenvalue weighted by molar-refractivity contribution is 5.74. The van der Waals surface area contributed by atoms with Gasteiger partial charge in [0.25, 0.3) is 0 Å². The number of rotatable bonds is 5. The Bertz CT molecular complexity index is 1100. The lowest BCUT2D eigenvalue weighted by Gasteiger charge is -2.18. The largest absolute Gasteiger partial charge is 0.486 e. The van der Waals surface area contributed by atoms with E-state index < -0.39 is 17.6 Å². The molecule has 1 aliphatic rings. The topological polar surface area (TPSA) is 104 Å². The monoisotopic (exact) mass is 419 g/mol. The smallest absolute Gasteiger partial charge is 0.416 e. The fourth-order valence-corrected chi connectivity index (χ4v) is 2.95. The lowest BCUT2D eigenvalue weighted by atomic mass is 10.2. The summed E-state index contributed by atoms with van der Waals surface area (Å²) < 4.78 is 51.1. The molecule has 1 amide bonds. The van der Waals surface area contributed by atoms with Crippen molar-refractivity contribution < 1.29 is 27.4 Å². The van der Waals surface area contributed by atoms with Gasteiger partial charge in [-0.05, 0) is 36.4 Å². The van der Waals surface area contributed by atoms with E-state index in [1.807, 2.05) is 0 Å². The highest BCUT2D eigenvalue weighted by atomic mass is 19.4. The fraction of sp³-hybridized carbons (Fsp3) is 0.211. The molecule has 0 radical (unpaired) electrons. The molecule has 3 aromatic rings. The number of ether oxygens (including phenoxy) is 2. The number of nitrogens with two attached hydrogens (primary N) is 1. The number of hydrogen-bond acceptors (Lipinski definition) is 6. The molecule has 0 aliphatic carbocycles. The summed E-state index contributed by atoms with van der Waals surface area (Å²) >= 11 is 0. The molecule has 0 spiro atoms. The van der Waals surface area contributed by atoms with Crippen LogP contribution >= 0.6 is 0 Å². The summed E-state index contributed by atoms with van der Waals surface area (Å²) in [5.41, 5.74) is 5.21. The molecule has 30 heavy (non-hydrogen) atoms. The zero-order chi connectivity index (χ0) is 21.3. The van der Waals surface area contributed by atoms with Crippen molar-refractivity contribution in [3.8, 4) is 22.9 Å². The van der Waals surface area contributed by atoms with Crippen molar-refractivity contribution in [1.82, 2.24) is 14.8 Å². The van der Waals surface area contributed by atoms with Gasteiger partial charge >= 0.3 is 6.18 Å². The highest BCUT2D eigenvalue weighted by Crippen LogP contribution is 2.35. The van der Waals surface area contributed by atoms with Gasteiger partial charge in [0.2, 0.25) is 11.9 Å². The number of carbonyl (C=O) groups excluding carboxylic acids is 1. The summed E-state index contributed by atoms with van der Waals surface area (Å²) in [6, 6.07) is 9.73. The first kappa shape index (κ1) is 19.6. The Morgan fingerprint density at radius 2 is 1.90 bits per heavy atom. The van der Waals surface area contributed by atoms with Crippen molar-refractivity contribution in [2.24, 2.45) is 5.73 Å². The van der Waals surface area contributed by atoms with Crippen LogP contribution in [0.1, 0.15) is 5.56 Å². The molecule has 0 atom stereocenters. The van der Waals surface area contributed by atoms with Crippen molar-refractivity contribution in [3.63, 3.8) is 0 Å². The number of halogens is 3. The first-order chi connectivity index (χ1) is 14.3. The van der Waals surface area contributed by atoms with Crippen LogP contribution in [0.5, 0.6) is 11.5 Å². The quantitative estimate of drug-likeness (QED) is 0.659. The molecule has 0 saturated heterocycles. The Kier molecular flexibility index (Phi) is 4.94. The normalized spacial score (nSPS) is 13.2. The number of nitrogens with one attached hydrogen (secondary N) is 1. The second-order valence-corrected chi connectivity index (χ2v) is 6.44. The van der Waals surface area contributed by atoms with Gasteiger partial charge < -0.3 is 20.5 Å². The molecule has 2 aromatic carbocycles. The van der Waals surface area contributed by atoms with Crippen LogP contribution in [0.3, 0.4) is 0 Å². The minimum absolute atomic E-state index is 0.0143. The number of alkyl halides is 3. The van der Waals surface area contributed by atoms with Crippen molar-refractivity contribution >= 4 is 17.5 Å². The van der Waals surface area contributed by atoms with E-state index in [2.05, 4.69) is 15.4 Å². The van der Waals surface area contributed by atoms with Crippen LogP contribution < -0.4 is 20.5 Å². The van der Waals surface area contributed by atoms with Gasteiger partial charge in [0.15, 0.2) is 17.3 Å². The first-order valence-electron chi connectivity index (χ1n) is 8.87. The van der Waals surface area contributed by atoms with Gasteiger partial charge in [-0.2, -0.15) is 18.2 Å². The molecular formula is C19H16F3N5O3. The van der Waals surface area contributed by atoms with Crippen LogP contribution in [0, 0.1) is 0 Å². The van der Waals surface area contributed by atoms with Crippen molar-refractivity contribution in [2.45, 2.75) is 12.7 Å². The van der Waals surface area contributed by atoms with Crippen LogP contribution in [-0.4, -0.2) is 33.9 Å². The SMILES string of the molecule is NC(=O)Cn1nc(Nc2cccc(C(F)(F)F)c2)nc1-c1ccc2c(c1)OCCO2. The van der Waals surface area contributed by atoms with Crippen molar-refractivity contribution in [1.29, 1.82) is 0 Å². The van der Waals surface area contributed by atoms with E-state index in [9.17, 15) is 18.0 Å². The van der Waals surface area contributed by atoms with E-state index in [4.69, 9.17) is 15.2 Å². The minimum Gasteiger partial charge on any atom is -0.486 e. The van der Waals surface area contributed by atoms with Gasteiger partial charge in [-0.1, -0.05) is 6.07 Å². The lowest BCUT2D eigenvalue weighted by Crippen LogP contribution is -2.20. The third kappa shape index (κ3) is 4.14. The number of primary amides is 1. The molecule has 2 heterocycles. The van der Waals surface area contributed by atoms with E-state index in [-0.39, 0.29) is 18.2 Å². The van der Waals surface area contributed by atoms with Gasteiger partial charge in [-0.25, -0.2) is 4.68 Å². The number of carbonyl (C=O) groups is 1. The number of hydrogen-bond donors (Lipinski definition) is 2. The number of amides is 1. The zero-order valence-electron chi connectivity index (χ0n) is 15.4. The Hall–Kier alpha value is -3.76. The second-order valence-electron chi connectivity index (χ2n) is 6.44. The van der Waals surface area contributed by atoms with Crippen LogP contribution in [-0.2, 0) is 17.5 Å². The van der Waals surface area contributed by atoms with Crippen molar-refractivity contribution in [2.75, 3.05) is 18.5 Å². The van der Waals surface area contributed by atoms with Crippen LogP contribution in [0.15, 0.2) is 42.5 Å². The molecule has 4 rings (SSSR count). The molecule has 11 heteroatoms. The highest BCUT2D eigenvalue weighted by Gasteiger charge is 2.30. The predicted octanol–water partition coefficient (Wildman–Crippen LogP) is 2.96. The maximum atomic E-state index is 12.9. The lowest BCUT2D eigenvalue weighted by molar-refractivity contribution is -0.137. The number of fused-ring (bicyclic) bond motifs is 1. The molecule has 0 saturated carbocycles. The van der Waals surface area contributed by atoms with Crippen LogP contribution in [0.4, 0.5) is 24.8 Å². The Morgan fingerprint density at radius 3 is 2.63 bits per heavy atom. The van der Waals surface area contributed by atoms with Gasteiger partial charge in [0, 0.05) is 11.3 Å². The van der Waals surface area contributed by atoms with E-state index in [1.54, 1.807) is 18.2 Å². The van der Waals surface area contributed by atoms with E-state index in [0.29, 0.717) is 36.1 Å². The fourth-order valence-electron chi connectivity index (χ4n) is 2.95. The summed E-state index contributed by atoms with van der Waals surface area (Å²) in [6.45, 7) is 0.573. The number of anilines is 2. The summed E-state index contributed by atoms with van der Waals surface area (Å²) in [7, 11) is 0. The third-order valence-corrected chi connectivity index (χ3v) is 4.22. The maximum absolute atomic E-state index is 12.9. The molecule has 0 unspecified atom stereocenters. The first-order valence-corrected chi connectivity index (χ1v) is 8.87. The van der Waals surface area contributed by atoms with Crippen LogP contribution in [0.2, 0.25) is 0 Å². The van der Waals surface area contributed by atoms with E-state index in [0.717, 1.165) is 12.1 Å². The number of benzene rings is 2. The molecule has 3 N–H and O–H groups in total. The van der Waals surface area contributed by atoms with Crippen molar-refractivity contribution in [3.05, 3.63) is 48.0 Å². The molecular weight excluding hydrogens is 403 g/mol. The average Bonchev–Trinajstić information content (AvgIpc) is 3.08. The summed E-state index contributed by atoms with van der Waals surface area (Å²) in [5, 5.41) is 6.90. The van der Waals surface area contributed by atoms with Gasteiger partial charge in [-0.3, -0.25) is 4.79 Å². The Balaban J connectivity index is 1.68. The third-order valence-electron chi connectivity index (χ3n) is 4.22. The standard InChI is InChI=1S/C19H16F3N5O3/c20-19(21,22)12-2-1-3-13(9-12)24-18-25-17(27(26-18)10-16(23)28)11-4-5-14-15(8-11)30-7-6-29-14/h1-5,8-9H,6-7,10H2,(H2,23,28)(H,24,26). The summed E-state index contributed by atoms with van der Waals surface area (Å²) in [6.07, 6.45) is -4.48. The van der Waals surface area contributed by atoms with Gasteiger partial charge in [0.1, 0.15) is 19.8 Å². The second kappa shape index (κ2) is 7.58. The number of nitrogens with zero attached hydrogens (tertiary/aromatic N) is 3. The molecule has 1 aliphatic heterocycles. The van der Waals surface area contributed by atoms with Crippen LogP contribution in [0.25, 0.3) is 11.4 Å².